The quantitative estimate of drug-likeness (QED) is 0.838. The molecule has 0 saturated carbocycles. The third-order valence-electron chi connectivity index (χ3n) is 3.88. The van der Waals surface area contributed by atoms with Gasteiger partial charge in [-0.05, 0) is 49.2 Å². The van der Waals surface area contributed by atoms with Gasteiger partial charge < -0.3 is 10.1 Å². The van der Waals surface area contributed by atoms with E-state index in [0.29, 0.717) is 28.6 Å². The van der Waals surface area contributed by atoms with Crippen molar-refractivity contribution in [2.75, 3.05) is 0 Å². The van der Waals surface area contributed by atoms with Crippen molar-refractivity contribution >= 4 is 29.0 Å². The van der Waals surface area contributed by atoms with Crippen LogP contribution in [0, 0.1) is 25.2 Å². The van der Waals surface area contributed by atoms with Crippen molar-refractivity contribution in [2.45, 2.75) is 19.2 Å². The molecule has 0 spiro atoms. The molecule has 0 fully saturated rings. The molecule has 5 nitrogen and oxygen atoms in total. The summed E-state index contributed by atoms with van der Waals surface area (Å²) in [5, 5.41) is 10.6. The number of hydrogen-bond acceptors (Lipinski definition) is 4. The van der Waals surface area contributed by atoms with Gasteiger partial charge in [0.25, 0.3) is 5.91 Å². The number of amidine groups is 1. The van der Waals surface area contributed by atoms with Gasteiger partial charge in [-0.25, -0.2) is 4.99 Å². The number of para-hydroxylation sites is 1. The zero-order valence-electron chi connectivity index (χ0n) is 14.3. The summed E-state index contributed by atoms with van der Waals surface area (Å²) in [6, 6.07) is 14.6. The van der Waals surface area contributed by atoms with Gasteiger partial charge in [0.1, 0.15) is 17.3 Å². The molecule has 1 amide bonds. The van der Waals surface area contributed by atoms with Crippen molar-refractivity contribution in [3.8, 4) is 11.8 Å². The van der Waals surface area contributed by atoms with E-state index in [9.17, 15) is 4.79 Å². The van der Waals surface area contributed by atoms with Crippen LogP contribution in [-0.4, -0.2) is 17.1 Å². The van der Waals surface area contributed by atoms with Crippen LogP contribution in [0.3, 0.4) is 0 Å². The minimum atomic E-state index is -0.936. The molecule has 2 aromatic rings. The van der Waals surface area contributed by atoms with Crippen LogP contribution >= 0.6 is 11.6 Å². The zero-order chi connectivity index (χ0) is 18.7. The smallest absolute Gasteiger partial charge is 0.251 e. The second-order valence-electron chi connectivity index (χ2n) is 5.88. The second-order valence-corrected chi connectivity index (χ2v) is 6.31. The van der Waals surface area contributed by atoms with Gasteiger partial charge in [0, 0.05) is 6.08 Å². The Morgan fingerprint density at radius 2 is 1.81 bits per heavy atom. The van der Waals surface area contributed by atoms with E-state index < -0.39 is 11.3 Å². The van der Waals surface area contributed by atoms with Crippen molar-refractivity contribution in [1.29, 1.82) is 5.26 Å². The van der Waals surface area contributed by atoms with E-state index in [4.69, 9.17) is 21.6 Å². The lowest BCUT2D eigenvalue weighted by Crippen LogP contribution is -2.42. The Morgan fingerprint density at radius 3 is 2.42 bits per heavy atom. The highest BCUT2D eigenvalue weighted by Gasteiger charge is 2.29. The first kappa shape index (κ1) is 17.7. The van der Waals surface area contributed by atoms with Crippen LogP contribution < -0.4 is 10.1 Å². The fraction of sp³-hybridized carbons (Fsp3) is 0.150. The van der Waals surface area contributed by atoms with E-state index in [1.807, 2.05) is 38.1 Å². The van der Waals surface area contributed by atoms with Crippen LogP contribution in [0.5, 0.6) is 5.75 Å². The maximum absolute atomic E-state index is 12.2. The van der Waals surface area contributed by atoms with Crippen LogP contribution in [0.2, 0.25) is 0 Å². The number of alkyl halides is 1. The van der Waals surface area contributed by atoms with Gasteiger partial charge in [-0.15, -0.1) is 11.6 Å². The van der Waals surface area contributed by atoms with E-state index in [2.05, 4.69) is 10.3 Å². The summed E-state index contributed by atoms with van der Waals surface area (Å²) in [4.78, 5) is 16.6. The van der Waals surface area contributed by atoms with Gasteiger partial charge in [0.05, 0.1) is 17.3 Å². The number of carbonyl (C=O) groups is 1. The van der Waals surface area contributed by atoms with Crippen LogP contribution in [0.15, 0.2) is 59.3 Å². The normalized spacial score (nSPS) is 18.1. The highest BCUT2D eigenvalue weighted by atomic mass is 35.5. The topological polar surface area (TPSA) is 74.5 Å². The van der Waals surface area contributed by atoms with Gasteiger partial charge in [-0.2, -0.15) is 5.26 Å². The summed E-state index contributed by atoms with van der Waals surface area (Å²) in [5.74, 6) is 0.928. The molecule has 0 saturated heterocycles. The van der Waals surface area contributed by atoms with E-state index in [1.54, 1.807) is 30.3 Å². The SMILES string of the molecule is Cc1cccc(C)c1OC1=CC(=Nc2ccc(C#N)cc2)NC(=O)C1Cl. The van der Waals surface area contributed by atoms with Gasteiger partial charge in [-0.3, -0.25) is 4.79 Å². The molecule has 3 rings (SSSR count). The molecule has 1 unspecified atom stereocenters. The molecule has 1 aliphatic heterocycles. The highest BCUT2D eigenvalue weighted by Crippen LogP contribution is 2.28. The number of halogens is 1. The molecule has 1 atom stereocenters. The van der Waals surface area contributed by atoms with Crippen molar-refractivity contribution < 1.29 is 9.53 Å². The molecule has 2 aromatic carbocycles. The molecule has 6 heteroatoms. The van der Waals surface area contributed by atoms with Crippen LogP contribution in [0.4, 0.5) is 5.69 Å². The largest absolute Gasteiger partial charge is 0.459 e. The van der Waals surface area contributed by atoms with E-state index in [1.165, 1.54) is 0 Å². The van der Waals surface area contributed by atoms with Crippen LogP contribution in [-0.2, 0) is 4.79 Å². The Kier molecular flexibility index (Phi) is 5.06. The fourth-order valence-electron chi connectivity index (χ4n) is 2.53. The van der Waals surface area contributed by atoms with Crippen molar-refractivity contribution in [1.82, 2.24) is 5.32 Å². The summed E-state index contributed by atoms with van der Waals surface area (Å²) >= 11 is 6.20. The molecular formula is C20H16ClN3O2. The number of amides is 1. The maximum atomic E-state index is 12.2. The van der Waals surface area contributed by atoms with Gasteiger partial charge >= 0.3 is 0 Å². The molecule has 130 valence electrons. The number of carbonyl (C=O) groups excluding carboxylic acids is 1. The zero-order valence-corrected chi connectivity index (χ0v) is 15.0. The molecule has 0 radical (unpaired) electrons. The van der Waals surface area contributed by atoms with Gasteiger partial charge in [0.15, 0.2) is 5.38 Å². The third kappa shape index (κ3) is 3.76. The molecule has 1 aliphatic rings. The number of nitrogens with one attached hydrogen (secondary N) is 1. The van der Waals surface area contributed by atoms with E-state index >= 15 is 0 Å². The minimum Gasteiger partial charge on any atom is -0.459 e. The van der Waals surface area contributed by atoms with Crippen molar-refractivity contribution in [3.63, 3.8) is 0 Å². The van der Waals surface area contributed by atoms with Gasteiger partial charge in [0.2, 0.25) is 0 Å². The average Bonchev–Trinajstić information content (AvgIpc) is 2.63. The summed E-state index contributed by atoms with van der Waals surface area (Å²) < 4.78 is 5.95. The molecule has 0 aliphatic carbocycles. The lowest BCUT2D eigenvalue weighted by atomic mass is 10.1. The molecular weight excluding hydrogens is 350 g/mol. The number of aryl methyl sites for hydroxylation is 2. The summed E-state index contributed by atoms with van der Waals surface area (Å²) in [7, 11) is 0. The minimum absolute atomic E-state index is 0.320. The number of hydrogen-bond donors (Lipinski definition) is 1. The first-order valence-corrected chi connectivity index (χ1v) is 8.41. The molecule has 0 aromatic heterocycles. The second kappa shape index (κ2) is 7.42. The van der Waals surface area contributed by atoms with Crippen molar-refractivity contribution in [3.05, 3.63) is 71.0 Å². The number of ether oxygens (including phenoxy) is 1. The maximum Gasteiger partial charge on any atom is 0.251 e. The fourth-order valence-corrected chi connectivity index (χ4v) is 2.69. The van der Waals surface area contributed by atoms with E-state index in [0.717, 1.165) is 11.1 Å². The Hall–Kier alpha value is -3.10. The Morgan fingerprint density at radius 1 is 1.15 bits per heavy atom. The Bertz CT molecular complexity index is 936. The lowest BCUT2D eigenvalue weighted by Gasteiger charge is -2.22. The summed E-state index contributed by atoms with van der Waals surface area (Å²) in [6.45, 7) is 3.86. The monoisotopic (exact) mass is 365 g/mol. The Balaban J connectivity index is 1.94. The molecule has 0 bridgehead atoms. The lowest BCUT2D eigenvalue weighted by molar-refractivity contribution is -0.119. The average molecular weight is 366 g/mol. The number of nitriles is 1. The predicted molar refractivity (Wildman–Crippen MR) is 101 cm³/mol. The molecule has 1 heterocycles. The van der Waals surface area contributed by atoms with Gasteiger partial charge in [-0.1, -0.05) is 18.2 Å². The van der Waals surface area contributed by atoms with Crippen molar-refractivity contribution in [2.24, 2.45) is 4.99 Å². The first-order valence-electron chi connectivity index (χ1n) is 7.97. The predicted octanol–water partition coefficient (Wildman–Crippen LogP) is 3.91. The molecule has 26 heavy (non-hydrogen) atoms. The summed E-state index contributed by atoms with van der Waals surface area (Å²) in [6.07, 6.45) is 1.61. The molecule has 1 N–H and O–H groups in total. The third-order valence-corrected chi connectivity index (χ3v) is 4.30. The number of rotatable bonds is 3. The standard InChI is InChI=1S/C20H16ClN3O2/c1-12-4-3-5-13(2)19(12)26-16-10-17(24-20(25)18(16)21)23-15-8-6-14(11-22)7-9-15/h3-10,18H,1-2H3,(H,23,24,25). The van der Waals surface area contributed by atoms with E-state index in [-0.39, 0.29) is 0 Å². The first-order chi connectivity index (χ1) is 12.5. The number of nitrogens with zero attached hydrogens (tertiary/aromatic N) is 2. The number of benzene rings is 2. The van der Waals surface area contributed by atoms with Crippen LogP contribution in [0.1, 0.15) is 16.7 Å². The highest BCUT2D eigenvalue weighted by molar-refractivity contribution is 6.35. The number of aliphatic imine (C=N–C) groups is 1. The Labute approximate surface area is 156 Å². The van der Waals surface area contributed by atoms with Crippen LogP contribution in [0.25, 0.3) is 0 Å². The summed E-state index contributed by atoms with van der Waals surface area (Å²) in [5.41, 5.74) is 3.05.